The molecule has 1 aromatic heterocycles. The summed E-state index contributed by atoms with van der Waals surface area (Å²) in [5.74, 6) is 0. The molecule has 0 fully saturated rings. The zero-order valence-corrected chi connectivity index (χ0v) is 7.17. The van der Waals surface area contributed by atoms with Gasteiger partial charge >= 0.3 is 0 Å². The van der Waals surface area contributed by atoms with Crippen molar-refractivity contribution < 1.29 is 4.11 Å². The summed E-state index contributed by atoms with van der Waals surface area (Å²) in [7, 11) is 0. The summed E-state index contributed by atoms with van der Waals surface area (Å²) in [6, 6.07) is 5.38. The van der Waals surface area contributed by atoms with Crippen LogP contribution in [-0.2, 0) is 6.98 Å². The Morgan fingerprint density at radius 2 is 2.55 bits per heavy atom. The van der Waals surface area contributed by atoms with Gasteiger partial charge in [-0.15, -0.1) is 0 Å². The highest BCUT2D eigenvalue weighted by Crippen LogP contribution is 2.22. The predicted molar refractivity (Wildman–Crippen MR) is 48.4 cm³/mol. The SMILES string of the molecule is [2H]C([2H])([2H])n1ncc2c(Br)cccc21. The third-order valence-electron chi connectivity index (χ3n) is 1.56. The summed E-state index contributed by atoms with van der Waals surface area (Å²) in [5.41, 5.74) is 0.611. The third kappa shape index (κ3) is 0.959. The van der Waals surface area contributed by atoms with Crippen LogP contribution in [0.3, 0.4) is 0 Å². The first-order chi connectivity index (χ1) is 6.50. The van der Waals surface area contributed by atoms with E-state index in [1.54, 1.807) is 18.3 Å². The van der Waals surface area contributed by atoms with Crippen LogP contribution in [0.15, 0.2) is 28.9 Å². The normalized spacial score (nSPS) is 15.9. The Labute approximate surface area is 77.2 Å². The average molecular weight is 214 g/mol. The fourth-order valence-electron chi connectivity index (χ4n) is 1.02. The van der Waals surface area contributed by atoms with Gasteiger partial charge in [0.2, 0.25) is 0 Å². The largest absolute Gasteiger partial charge is 0.268 e. The molecule has 0 aliphatic carbocycles. The molecule has 0 N–H and O–H groups in total. The third-order valence-corrected chi connectivity index (χ3v) is 2.25. The fourth-order valence-corrected chi connectivity index (χ4v) is 1.47. The molecule has 1 aromatic carbocycles. The highest BCUT2D eigenvalue weighted by atomic mass is 79.9. The van der Waals surface area contributed by atoms with Crippen molar-refractivity contribution in [3.05, 3.63) is 28.9 Å². The van der Waals surface area contributed by atoms with Crippen LogP contribution in [0.5, 0.6) is 0 Å². The molecule has 0 amide bonds. The van der Waals surface area contributed by atoms with Crippen molar-refractivity contribution in [2.45, 2.75) is 0 Å². The average Bonchev–Trinajstić information content (AvgIpc) is 2.47. The Hall–Kier alpha value is -0.830. The predicted octanol–water partition coefficient (Wildman–Crippen LogP) is 2.34. The maximum atomic E-state index is 7.26. The van der Waals surface area contributed by atoms with E-state index in [4.69, 9.17) is 4.11 Å². The molecule has 2 aromatic rings. The number of nitrogens with zero attached hydrogens (tertiary/aromatic N) is 2. The number of hydrogen-bond donors (Lipinski definition) is 0. The van der Waals surface area contributed by atoms with Gasteiger partial charge in [-0.3, -0.25) is 4.68 Å². The van der Waals surface area contributed by atoms with Gasteiger partial charge in [-0.2, -0.15) is 5.10 Å². The molecular weight excluding hydrogens is 204 g/mol. The highest BCUT2D eigenvalue weighted by molar-refractivity contribution is 9.10. The topological polar surface area (TPSA) is 17.8 Å². The van der Waals surface area contributed by atoms with E-state index in [1.807, 2.05) is 6.07 Å². The number of halogens is 1. The molecule has 0 unspecified atom stereocenters. The number of benzene rings is 1. The van der Waals surface area contributed by atoms with Crippen LogP contribution in [0.4, 0.5) is 0 Å². The number of aryl methyl sites for hydroxylation is 1. The van der Waals surface area contributed by atoms with Gasteiger partial charge in [0.05, 0.1) is 11.7 Å². The molecule has 11 heavy (non-hydrogen) atoms. The van der Waals surface area contributed by atoms with Gasteiger partial charge < -0.3 is 0 Å². The Balaban J connectivity index is 2.76. The lowest BCUT2D eigenvalue weighted by Gasteiger charge is -1.93. The van der Waals surface area contributed by atoms with Crippen LogP contribution >= 0.6 is 15.9 Å². The number of hydrogen-bond acceptors (Lipinski definition) is 1. The molecule has 1 heterocycles. The van der Waals surface area contributed by atoms with E-state index in [2.05, 4.69) is 21.0 Å². The van der Waals surface area contributed by atoms with Crippen molar-refractivity contribution >= 4 is 26.8 Å². The van der Waals surface area contributed by atoms with Crippen molar-refractivity contribution in [2.75, 3.05) is 0 Å². The highest BCUT2D eigenvalue weighted by Gasteiger charge is 2.00. The monoisotopic (exact) mass is 213 g/mol. The molecule has 56 valence electrons. The zero-order chi connectivity index (χ0) is 10.3. The fraction of sp³-hybridized carbons (Fsp3) is 0.125. The van der Waals surface area contributed by atoms with E-state index in [0.29, 0.717) is 5.52 Å². The molecule has 0 saturated heterocycles. The van der Waals surface area contributed by atoms with Crippen molar-refractivity contribution in [1.82, 2.24) is 9.78 Å². The molecule has 0 atom stereocenters. The Kier molecular flexibility index (Phi) is 0.906. The van der Waals surface area contributed by atoms with Gasteiger partial charge in [0.1, 0.15) is 0 Å². The quantitative estimate of drug-likeness (QED) is 0.658. The van der Waals surface area contributed by atoms with E-state index in [-0.39, 0.29) is 0 Å². The first kappa shape index (κ1) is 4.26. The van der Waals surface area contributed by atoms with E-state index < -0.39 is 6.98 Å². The van der Waals surface area contributed by atoms with E-state index >= 15 is 0 Å². The molecule has 2 nitrogen and oxygen atoms in total. The first-order valence-corrected chi connectivity index (χ1v) is 3.92. The van der Waals surface area contributed by atoms with Gasteiger partial charge in [0, 0.05) is 20.9 Å². The lowest BCUT2D eigenvalue weighted by atomic mass is 10.3. The summed E-state index contributed by atoms with van der Waals surface area (Å²) in [5, 5.41) is 4.66. The zero-order valence-electron chi connectivity index (χ0n) is 8.58. The maximum absolute atomic E-state index is 7.26. The lowest BCUT2D eigenvalue weighted by molar-refractivity contribution is 0.797. The molecule has 0 saturated carbocycles. The summed E-state index contributed by atoms with van der Waals surface area (Å²) >= 11 is 3.34. The Bertz CT molecular complexity index is 475. The molecule has 3 heteroatoms. The van der Waals surface area contributed by atoms with Crippen LogP contribution in [0, 0.1) is 0 Å². The molecule has 0 bridgehead atoms. The summed E-state index contributed by atoms with van der Waals surface area (Å²) in [6.07, 6.45) is 1.55. The molecule has 0 radical (unpaired) electrons. The minimum Gasteiger partial charge on any atom is -0.268 e. The number of aromatic nitrogens is 2. The van der Waals surface area contributed by atoms with Gasteiger partial charge in [-0.05, 0) is 12.1 Å². The molecular formula is C8H7BrN2. The van der Waals surface area contributed by atoms with Crippen molar-refractivity contribution in [1.29, 1.82) is 0 Å². The van der Waals surface area contributed by atoms with Gasteiger partial charge in [0.25, 0.3) is 0 Å². The minimum atomic E-state index is -2.22. The summed E-state index contributed by atoms with van der Waals surface area (Å²) in [4.78, 5) is 0. The smallest absolute Gasteiger partial charge is 0.0690 e. The van der Waals surface area contributed by atoms with E-state index in [1.165, 1.54) is 0 Å². The number of fused-ring (bicyclic) bond motifs is 1. The van der Waals surface area contributed by atoms with Crippen molar-refractivity contribution in [2.24, 2.45) is 6.98 Å². The van der Waals surface area contributed by atoms with Gasteiger partial charge in [-0.1, -0.05) is 22.0 Å². The van der Waals surface area contributed by atoms with Crippen LogP contribution in [0.25, 0.3) is 10.9 Å². The Morgan fingerprint density at radius 3 is 3.36 bits per heavy atom. The maximum Gasteiger partial charge on any atom is 0.0690 e. The van der Waals surface area contributed by atoms with Crippen LogP contribution in [0.1, 0.15) is 4.11 Å². The Morgan fingerprint density at radius 1 is 1.64 bits per heavy atom. The minimum absolute atomic E-state index is 0.611. The molecule has 2 rings (SSSR count). The molecule has 0 aliphatic rings. The molecule has 0 spiro atoms. The standard InChI is InChI=1S/C8H7BrN2/c1-11-8-4-2-3-7(9)6(8)5-10-11/h2-5H,1H3/i1D3. The second kappa shape index (κ2) is 2.34. The van der Waals surface area contributed by atoms with Gasteiger partial charge in [-0.25, -0.2) is 0 Å². The van der Waals surface area contributed by atoms with Gasteiger partial charge in [0.15, 0.2) is 0 Å². The second-order valence-corrected chi connectivity index (χ2v) is 3.08. The second-order valence-electron chi connectivity index (χ2n) is 2.23. The van der Waals surface area contributed by atoms with E-state index in [9.17, 15) is 0 Å². The van der Waals surface area contributed by atoms with Crippen LogP contribution in [-0.4, -0.2) is 9.78 Å². The van der Waals surface area contributed by atoms with Crippen LogP contribution in [0.2, 0.25) is 0 Å². The summed E-state index contributed by atoms with van der Waals surface area (Å²) in [6.45, 7) is -2.22. The lowest BCUT2D eigenvalue weighted by Crippen LogP contribution is -1.87. The van der Waals surface area contributed by atoms with Crippen LogP contribution < -0.4 is 0 Å². The van der Waals surface area contributed by atoms with E-state index in [0.717, 1.165) is 14.5 Å². The first-order valence-electron chi connectivity index (χ1n) is 4.63. The molecule has 0 aliphatic heterocycles. The summed E-state index contributed by atoms with van der Waals surface area (Å²) < 4.78 is 23.7. The number of rotatable bonds is 0. The van der Waals surface area contributed by atoms with Crippen molar-refractivity contribution in [3.63, 3.8) is 0 Å². The van der Waals surface area contributed by atoms with Crippen molar-refractivity contribution in [3.8, 4) is 0 Å².